The zero-order valence-electron chi connectivity index (χ0n) is 17.8. The summed E-state index contributed by atoms with van der Waals surface area (Å²) in [5.41, 5.74) is 2.59. The van der Waals surface area contributed by atoms with Crippen LogP contribution in [0.1, 0.15) is 34.5 Å². The van der Waals surface area contributed by atoms with Gasteiger partial charge in [0.25, 0.3) is 5.91 Å². The molecular formula is C25H26N2O4. The molecule has 6 nitrogen and oxygen atoms in total. The topological polar surface area (TPSA) is 76.7 Å². The van der Waals surface area contributed by atoms with Crippen LogP contribution in [0.4, 0.5) is 5.69 Å². The number of hydrogen-bond donors (Lipinski definition) is 2. The van der Waals surface area contributed by atoms with E-state index in [9.17, 15) is 9.59 Å². The molecule has 0 aromatic heterocycles. The number of carbonyl (C=O) groups is 2. The lowest BCUT2D eigenvalue weighted by Crippen LogP contribution is -2.28. The molecule has 160 valence electrons. The van der Waals surface area contributed by atoms with Gasteiger partial charge in [0, 0.05) is 11.6 Å². The van der Waals surface area contributed by atoms with E-state index in [1.807, 2.05) is 37.3 Å². The summed E-state index contributed by atoms with van der Waals surface area (Å²) < 4.78 is 10.6. The van der Waals surface area contributed by atoms with Crippen molar-refractivity contribution in [3.8, 4) is 11.5 Å². The van der Waals surface area contributed by atoms with E-state index in [0.717, 1.165) is 11.1 Å². The summed E-state index contributed by atoms with van der Waals surface area (Å²) in [5.74, 6) is 0.710. The molecule has 2 amide bonds. The largest absolute Gasteiger partial charge is 0.497 e. The standard InChI is InChI=1S/C25H26N2O4/c1-17(18-9-5-4-6-10-18)26-25(29)21-11-7-8-12-22(21)27-24(28)15-19-13-14-20(30-2)16-23(19)31-3/h4-14,16-17H,15H2,1-3H3,(H,26,29)(H,27,28). The molecule has 0 saturated heterocycles. The molecule has 0 heterocycles. The van der Waals surface area contributed by atoms with Gasteiger partial charge < -0.3 is 20.1 Å². The van der Waals surface area contributed by atoms with Gasteiger partial charge in [0.2, 0.25) is 5.91 Å². The fourth-order valence-corrected chi connectivity index (χ4v) is 3.25. The quantitative estimate of drug-likeness (QED) is 0.569. The molecule has 0 aliphatic heterocycles. The minimum Gasteiger partial charge on any atom is -0.497 e. The predicted octanol–water partition coefficient (Wildman–Crippen LogP) is 4.38. The highest BCUT2D eigenvalue weighted by Gasteiger charge is 2.17. The smallest absolute Gasteiger partial charge is 0.253 e. The second kappa shape index (κ2) is 10.3. The van der Waals surface area contributed by atoms with Gasteiger partial charge in [-0.1, -0.05) is 48.5 Å². The van der Waals surface area contributed by atoms with Gasteiger partial charge in [-0.15, -0.1) is 0 Å². The van der Waals surface area contributed by atoms with Crippen molar-refractivity contribution in [1.82, 2.24) is 5.32 Å². The molecule has 0 spiro atoms. The van der Waals surface area contributed by atoms with Gasteiger partial charge in [0.15, 0.2) is 0 Å². The summed E-state index contributed by atoms with van der Waals surface area (Å²) in [6, 6.07) is 21.8. The molecule has 0 bridgehead atoms. The maximum atomic E-state index is 12.9. The lowest BCUT2D eigenvalue weighted by Gasteiger charge is -2.16. The van der Waals surface area contributed by atoms with E-state index < -0.39 is 0 Å². The highest BCUT2D eigenvalue weighted by atomic mass is 16.5. The molecule has 3 rings (SSSR count). The molecule has 1 atom stereocenters. The van der Waals surface area contributed by atoms with Crippen molar-refractivity contribution in [1.29, 1.82) is 0 Å². The van der Waals surface area contributed by atoms with E-state index in [0.29, 0.717) is 22.7 Å². The van der Waals surface area contributed by atoms with Crippen LogP contribution in [0.2, 0.25) is 0 Å². The first-order valence-electron chi connectivity index (χ1n) is 9.97. The molecule has 0 saturated carbocycles. The van der Waals surface area contributed by atoms with E-state index in [1.54, 1.807) is 56.7 Å². The maximum absolute atomic E-state index is 12.9. The zero-order valence-corrected chi connectivity index (χ0v) is 17.8. The summed E-state index contributed by atoms with van der Waals surface area (Å²) in [6.07, 6.45) is 0.101. The van der Waals surface area contributed by atoms with Gasteiger partial charge in [-0.25, -0.2) is 0 Å². The van der Waals surface area contributed by atoms with Crippen molar-refractivity contribution >= 4 is 17.5 Å². The average molecular weight is 418 g/mol. The summed E-state index contributed by atoms with van der Waals surface area (Å²) in [4.78, 5) is 25.6. The number of amides is 2. The average Bonchev–Trinajstić information content (AvgIpc) is 2.80. The highest BCUT2D eigenvalue weighted by molar-refractivity contribution is 6.04. The van der Waals surface area contributed by atoms with Crippen LogP contribution in [-0.4, -0.2) is 26.0 Å². The lowest BCUT2D eigenvalue weighted by atomic mass is 10.1. The van der Waals surface area contributed by atoms with Crippen LogP contribution in [0.25, 0.3) is 0 Å². The number of rotatable bonds is 8. The molecule has 31 heavy (non-hydrogen) atoms. The third kappa shape index (κ3) is 5.63. The first-order valence-corrected chi connectivity index (χ1v) is 9.97. The van der Waals surface area contributed by atoms with Crippen molar-refractivity contribution in [2.75, 3.05) is 19.5 Å². The Hall–Kier alpha value is -3.80. The Labute approximate surface area is 182 Å². The second-order valence-electron chi connectivity index (χ2n) is 7.05. The summed E-state index contributed by atoms with van der Waals surface area (Å²) in [7, 11) is 3.12. The normalized spacial score (nSPS) is 11.3. The maximum Gasteiger partial charge on any atom is 0.253 e. The minimum atomic E-state index is -0.255. The number of nitrogens with one attached hydrogen (secondary N) is 2. The highest BCUT2D eigenvalue weighted by Crippen LogP contribution is 2.25. The third-order valence-corrected chi connectivity index (χ3v) is 4.94. The Morgan fingerprint density at radius 1 is 0.903 bits per heavy atom. The van der Waals surface area contributed by atoms with Gasteiger partial charge in [-0.3, -0.25) is 9.59 Å². The van der Waals surface area contributed by atoms with Crippen LogP contribution < -0.4 is 20.1 Å². The molecule has 3 aromatic rings. The Balaban J connectivity index is 1.71. The number of hydrogen-bond acceptors (Lipinski definition) is 4. The van der Waals surface area contributed by atoms with Crippen molar-refractivity contribution in [3.05, 3.63) is 89.5 Å². The SMILES string of the molecule is COc1ccc(CC(=O)Nc2ccccc2C(=O)NC(C)c2ccccc2)c(OC)c1. The molecular weight excluding hydrogens is 392 g/mol. The van der Waals surface area contributed by atoms with E-state index >= 15 is 0 Å². The Morgan fingerprint density at radius 2 is 1.61 bits per heavy atom. The van der Waals surface area contributed by atoms with Crippen LogP contribution in [0.5, 0.6) is 11.5 Å². The van der Waals surface area contributed by atoms with Crippen molar-refractivity contribution in [3.63, 3.8) is 0 Å². The summed E-state index contributed by atoms with van der Waals surface area (Å²) in [6.45, 7) is 1.92. The van der Waals surface area contributed by atoms with E-state index in [1.165, 1.54) is 0 Å². The van der Waals surface area contributed by atoms with E-state index in [-0.39, 0.29) is 24.3 Å². The Kier molecular flexibility index (Phi) is 7.27. The predicted molar refractivity (Wildman–Crippen MR) is 121 cm³/mol. The lowest BCUT2D eigenvalue weighted by molar-refractivity contribution is -0.115. The Morgan fingerprint density at radius 3 is 2.32 bits per heavy atom. The van der Waals surface area contributed by atoms with Gasteiger partial charge in [-0.2, -0.15) is 0 Å². The number of para-hydroxylation sites is 1. The molecule has 0 radical (unpaired) electrons. The van der Waals surface area contributed by atoms with Gasteiger partial charge in [0.1, 0.15) is 11.5 Å². The Bertz CT molecular complexity index is 1050. The molecule has 3 aromatic carbocycles. The van der Waals surface area contributed by atoms with Crippen LogP contribution in [0.15, 0.2) is 72.8 Å². The summed E-state index contributed by atoms with van der Waals surface area (Å²) in [5, 5.41) is 5.83. The number of ether oxygens (including phenoxy) is 2. The molecule has 2 N–H and O–H groups in total. The fourth-order valence-electron chi connectivity index (χ4n) is 3.25. The van der Waals surface area contributed by atoms with Crippen LogP contribution in [0.3, 0.4) is 0 Å². The van der Waals surface area contributed by atoms with Gasteiger partial charge in [-0.05, 0) is 30.7 Å². The second-order valence-corrected chi connectivity index (χ2v) is 7.05. The number of benzene rings is 3. The fraction of sp³-hybridized carbons (Fsp3) is 0.200. The molecule has 0 aliphatic carbocycles. The number of anilines is 1. The van der Waals surface area contributed by atoms with Crippen LogP contribution >= 0.6 is 0 Å². The first-order chi connectivity index (χ1) is 15.0. The summed E-state index contributed by atoms with van der Waals surface area (Å²) >= 11 is 0. The molecule has 0 fully saturated rings. The van der Waals surface area contributed by atoms with Gasteiger partial charge in [0.05, 0.1) is 37.9 Å². The number of carbonyl (C=O) groups excluding carboxylic acids is 2. The number of methoxy groups -OCH3 is 2. The monoisotopic (exact) mass is 418 g/mol. The van der Waals surface area contributed by atoms with Crippen molar-refractivity contribution in [2.45, 2.75) is 19.4 Å². The minimum absolute atomic E-state index is 0.101. The third-order valence-electron chi connectivity index (χ3n) is 4.94. The molecule has 0 aliphatic rings. The van der Waals surface area contributed by atoms with Crippen molar-refractivity contribution < 1.29 is 19.1 Å². The van der Waals surface area contributed by atoms with Crippen LogP contribution in [0, 0.1) is 0 Å². The molecule has 1 unspecified atom stereocenters. The van der Waals surface area contributed by atoms with E-state index in [2.05, 4.69) is 10.6 Å². The van der Waals surface area contributed by atoms with Crippen molar-refractivity contribution in [2.24, 2.45) is 0 Å². The van der Waals surface area contributed by atoms with Gasteiger partial charge >= 0.3 is 0 Å². The zero-order chi connectivity index (χ0) is 22.2. The van der Waals surface area contributed by atoms with Crippen LogP contribution in [-0.2, 0) is 11.2 Å². The first kappa shape index (κ1) is 21.9. The van der Waals surface area contributed by atoms with E-state index in [4.69, 9.17) is 9.47 Å². The molecule has 6 heteroatoms.